The van der Waals surface area contributed by atoms with Crippen molar-refractivity contribution in [1.82, 2.24) is 0 Å². The fourth-order valence-corrected chi connectivity index (χ4v) is 1.94. The summed E-state index contributed by atoms with van der Waals surface area (Å²) in [6.45, 7) is 3.56. The number of carbonyl (C=O) groups excluding carboxylic acids is 1. The van der Waals surface area contributed by atoms with Crippen LogP contribution in [0.15, 0.2) is 30.3 Å². The topological polar surface area (TPSA) is 35.5 Å². The van der Waals surface area contributed by atoms with Gasteiger partial charge in [0.2, 0.25) is 0 Å². The van der Waals surface area contributed by atoms with Crippen molar-refractivity contribution >= 4 is 5.97 Å². The van der Waals surface area contributed by atoms with E-state index in [1.807, 2.05) is 37.3 Å². The molecular weight excluding hydrogens is 204 g/mol. The Morgan fingerprint density at radius 2 is 2.12 bits per heavy atom. The van der Waals surface area contributed by atoms with E-state index in [0.717, 1.165) is 5.56 Å². The van der Waals surface area contributed by atoms with Crippen molar-refractivity contribution in [2.75, 3.05) is 19.8 Å². The molecule has 0 spiro atoms. The zero-order chi connectivity index (χ0) is 11.4. The normalized spacial score (nSPS) is 17.6. The molecule has 0 radical (unpaired) electrons. The van der Waals surface area contributed by atoms with Gasteiger partial charge in [0.15, 0.2) is 0 Å². The Bertz CT molecular complexity index is 343. The lowest BCUT2D eigenvalue weighted by Gasteiger charge is -2.32. The highest BCUT2D eigenvalue weighted by molar-refractivity contribution is 5.78. The van der Waals surface area contributed by atoms with Gasteiger partial charge >= 0.3 is 5.97 Å². The summed E-state index contributed by atoms with van der Waals surface area (Å²) in [4.78, 5) is 11.9. The fraction of sp³-hybridized carbons (Fsp3) is 0.462. The van der Waals surface area contributed by atoms with Crippen LogP contribution in [-0.2, 0) is 14.3 Å². The molecule has 3 heteroatoms. The van der Waals surface area contributed by atoms with Gasteiger partial charge in [0.1, 0.15) is 0 Å². The predicted molar refractivity (Wildman–Crippen MR) is 60.1 cm³/mol. The van der Waals surface area contributed by atoms with Gasteiger partial charge in [-0.3, -0.25) is 4.79 Å². The molecule has 1 fully saturated rings. The number of hydrogen-bond acceptors (Lipinski definition) is 3. The third kappa shape index (κ3) is 2.25. The van der Waals surface area contributed by atoms with Gasteiger partial charge in [0, 0.05) is 5.92 Å². The van der Waals surface area contributed by atoms with Crippen molar-refractivity contribution in [3.63, 3.8) is 0 Å². The molecule has 1 aromatic rings. The summed E-state index contributed by atoms with van der Waals surface area (Å²) >= 11 is 0. The van der Waals surface area contributed by atoms with Crippen molar-refractivity contribution in [2.45, 2.75) is 12.8 Å². The van der Waals surface area contributed by atoms with Crippen LogP contribution in [-0.4, -0.2) is 25.8 Å². The number of hydrogen-bond donors (Lipinski definition) is 0. The predicted octanol–water partition coefficient (Wildman–Crippen LogP) is 1.98. The van der Waals surface area contributed by atoms with E-state index in [1.165, 1.54) is 0 Å². The Morgan fingerprint density at radius 1 is 1.44 bits per heavy atom. The van der Waals surface area contributed by atoms with Gasteiger partial charge in [-0.25, -0.2) is 0 Å². The van der Waals surface area contributed by atoms with E-state index in [2.05, 4.69) is 0 Å². The third-order valence-electron chi connectivity index (χ3n) is 2.83. The fourth-order valence-electron chi connectivity index (χ4n) is 1.94. The summed E-state index contributed by atoms with van der Waals surface area (Å²) in [7, 11) is 0. The van der Waals surface area contributed by atoms with Crippen molar-refractivity contribution in [3.8, 4) is 0 Å². The number of esters is 1. The van der Waals surface area contributed by atoms with Crippen LogP contribution in [0.25, 0.3) is 0 Å². The molecule has 86 valence electrons. The van der Waals surface area contributed by atoms with E-state index in [9.17, 15) is 4.79 Å². The third-order valence-corrected chi connectivity index (χ3v) is 2.83. The molecule has 0 aliphatic carbocycles. The lowest BCUT2D eigenvalue weighted by Crippen LogP contribution is -2.37. The van der Waals surface area contributed by atoms with Crippen LogP contribution in [0.2, 0.25) is 0 Å². The second kappa shape index (κ2) is 5.12. The van der Waals surface area contributed by atoms with Crippen molar-refractivity contribution in [3.05, 3.63) is 35.9 Å². The Kier molecular flexibility index (Phi) is 3.57. The number of ether oxygens (including phenoxy) is 2. The van der Waals surface area contributed by atoms with Gasteiger partial charge in [0.25, 0.3) is 0 Å². The largest absolute Gasteiger partial charge is 0.466 e. The first-order valence-electron chi connectivity index (χ1n) is 5.62. The summed E-state index contributed by atoms with van der Waals surface area (Å²) in [5.74, 6) is -0.0432. The van der Waals surface area contributed by atoms with Gasteiger partial charge in [-0.05, 0) is 12.5 Å². The van der Waals surface area contributed by atoms with Gasteiger partial charge in [-0.15, -0.1) is 0 Å². The standard InChI is InChI=1S/C13H16O3/c1-2-16-13(14)12(11-8-15-9-11)10-6-4-3-5-7-10/h3-7,11-12H,2,8-9H2,1H3. The number of benzene rings is 1. The van der Waals surface area contributed by atoms with E-state index in [4.69, 9.17) is 9.47 Å². The minimum atomic E-state index is -0.171. The minimum absolute atomic E-state index is 0.137. The van der Waals surface area contributed by atoms with Crippen molar-refractivity contribution < 1.29 is 14.3 Å². The SMILES string of the molecule is CCOC(=O)C(c1ccccc1)C1COC1. The molecule has 0 aromatic heterocycles. The molecule has 1 atom stereocenters. The molecule has 1 aromatic carbocycles. The van der Waals surface area contributed by atoms with Crippen molar-refractivity contribution in [2.24, 2.45) is 5.92 Å². The first-order valence-corrected chi connectivity index (χ1v) is 5.62. The minimum Gasteiger partial charge on any atom is -0.466 e. The molecular formula is C13H16O3. The number of carbonyl (C=O) groups is 1. The second-order valence-corrected chi connectivity index (χ2v) is 3.94. The molecule has 1 unspecified atom stereocenters. The summed E-state index contributed by atoms with van der Waals surface area (Å²) in [5, 5.41) is 0. The van der Waals surface area contributed by atoms with E-state index in [-0.39, 0.29) is 17.8 Å². The highest BCUT2D eigenvalue weighted by Crippen LogP contribution is 2.31. The maximum atomic E-state index is 11.9. The van der Waals surface area contributed by atoms with Crippen LogP contribution < -0.4 is 0 Å². The van der Waals surface area contributed by atoms with Crippen LogP contribution in [0, 0.1) is 5.92 Å². The van der Waals surface area contributed by atoms with Gasteiger partial charge < -0.3 is 9.47 Å². The van der Waals surface area contributed by atoms with Gasteiger partial charge in [-0.1, -0.05) is 30.3 Å². The van der Waals surface area contributed by atoms with Crippen LogP contribution in [0.5, 0.6) is 0 Å². The molecule has 3 nitrogen and oxygen atoms in total. The average Bonchev–Trinajstić information content (AvgIpc) is 2.24. The Balaban J connectivity index is 2.17. The van der Waals surface area contributed by atoms with Crippen LogP contribution in [0.3, 0.4) is 0 Å². The lowest BCUT2D eigenvalue weighted by molar-refractivity contribution is -0.152. The maximum absolute atomic E-state index is 11.9. The Hall–Kier alpha value is -1.35. The highest BCUT2D eigenvalue weighted by atomic mass is 16.5. The van der Waals surface area contributed by atoms with E-state index in [1.54, 1.807) is 0 Å². The second-order valence-electron chi connectivity index (χ2n) is 3.94. The molecule has 1 aliphatic heterocycles. The summed E-state index contributed by atoms with van der Waals surface area (Å²) in [5.41, 5.74) is 1.02. The van der Waals surface area contributed by atoms with Crippen LogP contribution in [0.1, 0.15) is 18.4 Å². The smallest absolute Gasteiger partial charge is 0.313 e. The molecule has 16 heavy (non-hydrogen) atoms. The summed E-state index contributed by atoms with van der Waals surface area (Å²) in [6.07, 6.45) is 0. The summed E-state index contributed by atoms with van der Waals surface area (Å²) < 4.78 is 10.3. The zero-order valence-corrected chi connectivity index (χ0v) is 9.39. The molecule has 0 bridgehead atoms. The quantitative estimate of drug-likeness (QED) is 0.728. The van der Waals surface area contributed by atoms with Gasteiger partial charge in [-0.2, -0.15) is 0 Å². The molecule has 1 aliphatic rings. The molecule has 1 saturated heterocycles. The highest BCUT2D eigenvalue weighted by Gasteiger charge is 2.35. The van der Waals surface area contributed by atoms with Crippen LogP contribution >= 0.6 is 0 Å². The molecule has 0 saturated carbocycles. The Morgan fingerprint density at radius 3 is 2.62 bits per heavy atom. The Labute approximate surface area is 95.4 Å². The number of rotatable bonds is 4. The molecule has 0 N–H and O–H groups in total. The average molecular weight is 220 g/mol. The first-order chi connectivity index (χ1) is 7.83. The van der Waals surface area contributed by atoms with E-state index >= 15 is 0 Å². The van der Waals surface area contributed by atoms with E-state index in [0.29, 0.717) is 19.8 Å². The zero-order valence-electron chi connectivity index (χ0n) is 9.39. The summed E-state index contributed by atoms with van der Waals surface area (Å²) in [6, 6.07) is 9.78. The van der Waals surface area contributed by atoms with Gasteiger partial charge in [0.05, 0.1) is 25.7 Å². The van der Waals surface area contributed by atoms with Crippen LogP contribution in [0.4, 0.5) is 0 Å². The van der Waals surface area contributed by atoms with Crippen molar-refractivity contribution in [1.29, 1.82) is 0 Å². The molecule has 2 rings (SSSR count). The first kappa shape index (κ1) is 11.1. The molecule has 1 heterocycles. The maximum Gasteiger partial charge on any atom is 0.313 e. The lowest BCUT2D eigenvalue weighted by atomic mass is 9.85. The molecule has 0 amide bonds. The monoisotopic (exact) mass is 220 g/mol. The van der Waals surface area contributed by atoms with E-state index < -0.39 is 0 Å².